The van der Waals surface area contributed by atoms with E-state index >= 15 is 0 Å². The van der Waals surface area contributed by atoms with E-state index in [0.29, 0.717) is 92.4 Å². The highest BCUT2D eigenvalue weighted by molar-refractivity contribution is 6.04. The Bertz CT molecular complexity index is 686. The minimum atomic E-state index is -0.326. The van der Waals surface area contributed by atoms with Crippen molar-refractivity contribution in [3.8, 4) is 0 Å². The average molecular weight is 577 g/mol. The van der Waals surface area contributed by atoms with Gasteiger partial charge in [0.1, 0.15) is 0 Å². The van der Waals surface area contributed by atoms with Gasteiger partial charge in [-0.2, -0.15) is 0 Å². The van der Waals surface area contributed by atoms with Crippen LogP contribution in [0.15, 0.2) is 0 Å². The van der Waals surface area contributed by atoms with Crippen LogP contribution in [0.5, 0.6) is 0 Å². The molecular formula is C28H52N2O10. The van der Waals surface area contributed by atoms with Gasteiger partial charge < -0.3 is 38.5 Å². The third-order valence-corrected chi connectivity index (χ3v) is 6.00. The van der Waals surface area contributed by atoms with Gasteiger partial charge in [0.2, 0.25) is 17.7 Å². The van der Waals surface area contributed by atoms with Crippen LogP contribution >= 0.6 is 0 Å². The van der Waals surface area contributed by atoms with Gasteiger partial charge in [0.05, 0.1) is 91.8 Å². The lowest BCUT2D eigenvalue weighted by Gasteiger charge is -2.24. The van der Waals surface area contributed by atoms with Crippen molar-refractivity contribution in [3.05, 3.63) is 0 Å². The fraction of sp³-hybridized carbons (Fsp3) is 0.893. The van der Waals surface area contributed by atoms with E-state index in [4.69, 9.17) is 33.2 Å². The van der Waals surface area contributed by atoms with Gasteiger partial charge in [0, 0.05) is 32.5 Å². The second-order valence-electron chi connectivity index (χ2n) is 10.4. The molecule has 12 heteroatoms. The van der Waals surface area contributed by atoms with Crippen LogP contribution in [0.3, 0.4) is 0 Å². The predicted octanol–water partition coefficient (Wildman–Crippen LogP) is 1.44. The quantitative estimate of drug-likeness (QED) is 0.119. The average Bonchev–Trinajstić information content (AvgIpc) is 3.21. The predicted molar refractivity (Wildman–Crippen MR) is 148 cm³/mol. The molecule has 0 aromatic carbocycles. The Kier molecular flexibility index (Phi) is 20.9. The molecule has 40 heavy (non-hydrogen) atoms. The zero-order chi connectivity index (χ0) is 29.5. The lowest BCUT2D eigenvalue weighted by atomic mass is 9.80. The number of carbonyl (C=O) groups excluding carboxylic acids is 3. The number of amides is 3. The van der Waals surface area contributed by atoms with E-state index in [0.717, 1.165) is 13.0 Å². The largest absolute Gasteiger partial charge is 0.379 e. The number of nitrogens with zero attached hydrogens (tertiary/aromatic N) is 1. The Hall–Kier alpha value is -1.67. The Labute approximate surface area is 239 Å². The van der Waals surface area contributed by atoms with Crippen LogP contribution in [-0.2, 0) is 47.5 Å². The molecule has 1 heterocycles. The van der Waals surface area contributed by atoms with Crippen molar-refractivity contribution < 1.29 is 47.5 Å². The first kappa shape index (κ1) is 36.4. The number of carbonyl (C=O) groups is 3. The van der Waals surface area contributed by atoms with Gasteiger partial charge in [-0.05, 0) is 11.8 Å². The second-order valence-corrected chi connectivity index (χ2v) is 10.4. The molecule has 0 aromatic heterocycles. The van der Waals surface area contributed by atoms with Crippen LogP contribution < -0.4 is 5.32 Å². The van der Waals surface area contributed by atoms with Crippen LogP contribution in [0.4, 0.5) is 0 Å². The molecule has 3 amide bonds. The molecule has 1 atom stereocenters. The maximum absolute atomic E-state index is 12.5. The topological polar surface area (TPSA) is 131 Å². The van der Waals surface area contributed by atoms with Crippen LogP contribution in [0, 0.1) is 11.3 Å². The summed E-state index contributed by atoms with van der Waals surface area (Å²) in [5.41, 5.74) is -0.274. The lowest BCUT2D eigenvalue weighted by Crippen LogP contribution is -2.37. The minimum absolute atomic E-state index is 0.0848. The summed E-state index contributed by atoms with van der Waals surface area (Å²) in [5, 5.41) is 2.74. The van der Waals surface area contributed by atoms with Gasteiger partial charge in [-0.15, -0.1) is 0 Å². The number of ether oxygens (including phenoxy) is 7. The normalized spacial score (nSPS) is 15.8. The standard InChI is InChI=1S/C28H52N2O10/c1-5-9-34-11-13-36-15-17-38-19-21-40-22-20-39-18-16-37-14-12-35-10-7-29-25(31)6-8-30-26(32)23-24(27(30)33)28(2,3)4/h24H,5-23H2,1-4H3,(H,29,31). The molecule has 0 aromatic rings. The Morgan fingerprint density at radius 3 is 1.50 bits per heavy atom. The minimum Gasteiger partial charge on any atom is -0.379 e. The van der Waals surface area contributed by atoms with Crippen molar-refractivity contribution in [2.24, 2.45) is 11.3 Å². The number of hydrogen-bond acceptors (Lipinski definition) is 10. The summed E-state index contributed by atoms with van der Waals surface area (Å²) in [6.07, 6.45) is 1.31. The van der Waals surface area contributed by atoms with Crippen molar-refractivity contribution in [2.75, 3.05) is 106 Å². The van der Waals surface area contributed by atoms with Crippen LogP contribution in [0.2, 0.25) is 0 Å². The van der Waals surface area contributed by atoms with Crippen LogP contribution in [0.25, 0.3) is 0 Å². The van der Waals surface area contributed by atoms with Crippen molar-refractivity contribution >= 4 is 17.7 Å². The van der Waals surface area contributed by atoms with Gasteiger partial charge in [0.15, 0.2) is 0 Å². The maximum Gasteiger partial charge on any atom is 0.233 e. The second kappa shape index (κ2) is 23.0. The molecule has 1 N–H and O–H groups in total. The van der Waals surface area contributed by atoms with Crippen LogP contribution in [0.1, 0.15) is 47.0 Å². The monoisotopic (exact) mass is 576 g/mol. The molecule has 1 fully saturated rings. The Morgan fingerprint density at radius 1 is 0.725 bits per heavy atom. The van der Waals surface area contributed by atoms with Gasteiger partial charge in [0.25, 0.3) is 0 Å². The highest BCUT2D eigenvalue weighted by atomic mass is 16.6. The fourth-order valence-electron chi connectivity index (χ4n) is 3.72. The van der Waals surface area contributed by atoms with Gasteiger partial charge >= 0.3 is 0 Å². The zero-order valence-corrected chi connectivity index (χ0v) is 25.0. The highest BCUT2D eigenvalue weighted by Gasteiger charge is 2.44. The first-order valence-electron chi connectivity index (χ1n) is 14.4. The summed E-state index contributed by atoms with van der Waals surface area (Å²) in [6, 6.07) is 0. The molecule has 1 aliphatic rings. The molecule has 0 radical (unpaired) electrons. The Morgan fingerprint density at radius 2 is 1.12 bits per heavy atom. The molecule has 1 aliphatic heterocycles. The van der Waals surface area contributed by atoms with Crippen molar-refractivity contribution in [3.63, 3.8) is 0 Å². The number of nitrogens with one attached hydrogen (secondary N) is 1. The molecule has 1 saturated heterocycles. The summed E-state index contributed by atoms with van der Waals surface area (Å²) in [7, 11) is 0. The first-order valence-corrected chi connectivity index (χ1v) is 14.4. The Balaban J connectivity index is 1.80. The third kappa shape index (κ3) is 17.9. The van der Waals surface area contributed by atoms with E-state index in [1.807, 2.05) is 20.8 Å². The third-order valence-electron chi connectivity index (χ3n) is 6.00. The fourth-order valence-corrected chi connectivity index (χ4v) is 3.72. The first-order chi connectivity index (χ1) is 19.3. The number of rotatable bonds is 26. The van der Waals surface area contributed by atoms with E-state index in [1.54, 1.807) is 0 Å². The van der Waals surface area contributed by atoms with Gasteiger partial charge in [-0.1, -0.05) is 27.7 Å². The number of likely N-dealkylation sites (tertiary alicyclic amines) is 1. The smallest absolute Gasteiger partial charge is 0.233 e. The van der Waals surface area contributed by atoms with E-state index < -0.39 is 0 Å². The molecule has 0 spiro atoms. The lowest BCUT2D eigenvalue weighted by molar-refractivity contribution is -0.140. The van der Waals surface area contributed by atoms with Crippen molar-refractivity contribution in [1.29, 1.82) is 0 Å². The molecule has 1 unspecified atom stereocenters. The highest BCUT2D eigenvalue weighted by Crippen LogP contribution is 2.35. The summed E-state index contributed by atoms with van der Waals surface area (Å²) >= 11 is 0. The summed E-state index contributed by atoms with van der Waals surface area (Å²) < 4.78 is 37.9. The molecule has 234 valence electrons. The maximum atomic E-state index is 12.5. The molecule has 12 nitrogen and oxygen atoms in total. The molecule has 0 saturated carbocycles. The zero-order valence-electron chi connectivity index (χ0n) is 25.0. The van der Waals surface area contributed by atoms with Gasteiger partial charge in [-0.3, -0.25) is 19.3 Å². The van der Waals surface area contributed by atoms with E-state index in [2.05, 4.69) is 12.2 Å². The molecular weight excluding hydrogens is 524 g/mol. The van der Waals surface area contributed by atoms with Gasteiger partial charge in [-0.25, -0.2) is 0 Å². The summed E-state index contributed by atoms with van der Waals surface area (Å²) in [5.74, 6) is -0.937. The number of hydrogen-bond donors (Lipinski definition) is 1. The SMILES string of the molecule is CCCOCCOCCOCCOCCOCCOCCOCCNC(=O)CCN1C(=O)CC(C(C)(C)C)C1=O. The van der Waals surface area contributed by atoms with Crippen molar-refractivity contribution in [2.45, 2.75) is 47.0 Å². The van der Waals surface area contributed by atoms with E-state index in [9.17, 15) is 14.4 Å². The summed E-state index contributed by atoms with van der Waals surface area (Å²) in [4.78, 5) is 37.8. The number of imide groups is 1. The van der Waals surface area contributed by atoms with E-state index in [-0.39, 0.29) is 48.4 Å². The molecule has 1 rings (SSSR count). The summed E-state index contributed by atoms with van der Waals surface area (Å²) in [6.45, 7) is 15.5. The van der Waals surface area contributed by atoms with E-state index in [1.165, 1.54) is 4.90 Å². The molecule has 0 bridgehead atoms. The molecule has 0 aliphatic carbocycles. The van der Waals surface area contributed by atoms with Crippen LogP contribution in [-0.4, -0.2) is 128 Å². The van der Waals surface area contributed by atoms with Crippen molar-refractivity contribution in [1.82, 2.24) is 10.2 Å².